The molecule has 0 fully saturated rings. The Labute approximate surface area is 176 Å². The molecule has 0 aliphatic rings. The summed E-state index contributed by atoms with van der Waals surface area (Å²) in [5, 5.41) is 5.35. The van der Waals surface area contributed by atoms with Crippen LogP contribution in [-0.2, 0) is 13.0 Å². The van der Waals surface area contributed by atoms with E-state index in [-0.39, 0.29) is 0 Å². The fourth-order valence-electron chi connectivity index (χ4n) is 4.77. The lowest BCUT2D eigenvalue weighted by Crippen LogP contribution is -1.99. The second-order valence-electron chi connectivity index (χ2n) is 7.92. The molecule has 1 heterocycles. The standard InChI is InChI=1S/C27H24ClN/c1-18-15-19(2)24(22-8-4-3-7-21(18)22)16-20-11-12-27-25(17-20)23-9-5-6-10-26(23)29(27)14-13-28/h3-12,15,17H,13-14,16H2,1-2H3. The van der Waals surface area contributed by atoms with Crippen LogP contribution in [0.2, 0.25) is 0 Å². The van der Waals surface area contributed by atoms with Crippen molar-refractivity contribution in [1.29, 1.82) is 0 Å². The smallest absolute Gasteiger partial charge is 0.0491 e. The Kier molecular flexibility index (Phi) is 4.56. The number of hydrogen-bond acceptors (Lipinski definition) is 0. The zero-order valence-electron chi connectivity index (χ0n) is 16.9. The molecule has 144 valence electrons. The first-order valence-corrected chi connectivity index (χ1v) is 10.7. The van der Waals surface area contributed by atoms with Gasteiger partial charge in [0.05, 0.1) is 0 Å². The number of para-hydroxylation sites is 1. The van der Waals surface area contributed by atoms with E-state index in [0.29, 0.717) is 5.88 Å². The lowest BCUT2D eigenvalue weighted by atomic mass is 9.91. The van der Waals surface area contributed by atoms with E-state index in [1.54, 1.807) is 0 Å². The number of fused-ring (bicyclic) bond motifs is 4. The zero-order chi connectivity index (χ0) is 20.0. The van der Waals surface area contributed by atoms with E-state index in [4.69, 9.17) is 11.6 Å². The molecule has 4 aromatic carbocycles. The van der Waals surface area contributed by atoms with Crippen molar-refractivity contribution >= 4 is 44.2 Å². The molecule has 0 amide bonds. The maximum absolute atomic E-state index is 6.10. The van der Waals surface area contributed by atoms with E-state index in [2.05, 4.69) is 91.2 Å². The van der Waals surface area contributed by atoms with E-state index >= 15 is 0 Å². The number of aromatic nitrogens is 1. The predicted molar refractivity (Wildman–Crippen MR) is 126 cm³/mol. The van der Waals surface area contributed by atoms with Crippen LogP contribution in [0.15, 0.2) is 72.8 Å². The van der Waals surface area contributed by atoms with Gasteiger partial charge in [0.15, 0.2) is 0 Å². The summed E-state index contributed by atoms with van der Waals surface area (Å²) in [5.74, 6) is 0.615. The minimum Gasteiger partial charge on any atom is -0.339 e. The molecule has 0 atom stereocenters. The van der Waals surface area contributed by atoms with Gasteiger partial charge in [-0.1, -0.05) is 54.6 Å². The first-order valence-electron chi connectivity index (χ1n) is 10.2. The molecule has 0 saturated heterocycles. The van der Waals surface area contributed by atoms with Crippen LogP contribution in [0.25, 0.3) is 32.6 Å². The Morgan fingerprint density at radius 2 is 1.38 bits per heavy atom. The lowest BCUT2D eigenvalue weighted by Gasteiger charge is -2.13. The van der Waals surface area contributed by atoms with Crippen LogP contribution in [0.5, 0.6) is 0 Å². The van der Waals surface area contributed by atoms with E-state index in [1.165, 1.54) is 54.8 Å². The molecule has 0 saturated carbocycles. The molecular formula is C27H24ClN. The topological polar surface area (TPSA) is 4.93 Å². The highest BCUT2D eigenvalue weighted by atomic mass is 35.5. The molecule has 1 aromatic heterocycles. The Bertz CT molecular complexity index is 1360. The predicted octanol–water partition coefficient (Wildman–Crippen LogP) is 7.39. The molecule has 0 aliphatic heterocycles. The van der Waals surface area contributed by atoms with Crippen LogP contribution in [-0.4, -0.2) is 10.4 Å². The molecule has 5 rings (SSSR count). The van der Waals surface area contributed by atoms with Crippen molar-refractivity contribution in [2.45, 2.75) is 26.8 Å². The highest BCUT2D eigenvalue weighted by Gasteiger charge is 2.13. The number of hydrogen-bond donors (Lipinski definition) is 0. The van der Waals surface area contributed by atoms with Crippen LogP contribution in [0.4, 0.5) is 0 Å². The zero-order valence-corrected chi connectivity index (χ0v) is 17.6. The number of alkyl halides is 1. The molecule has 0 bridgehead atoms. The van der Waals surface area contributed by atoms with Crippen molar-refractivity contribution in [3.63, 3.8) is 0 Å². The van der Waals surface area contributed by atoms with Crippen LogP contribution in [0, 0.1) is 13.8 Å². The Hall–Kier alpha value is -2.77. The van der Waals surface area contributed by atoms with Gasteiger partial charge in [-0.15, -0.1) is 11.6 Å². The number of benzene rings is 4. The second-order valence-corrected chi connectivity index (χ2v) is 8.30. The third-order valence-corrected chi connectivity index (χ3v) is 6.28. The van der Waals surface area contributed by atoms with Gasteiger partial charge >= 0.3 is 0 Å². The summed E-state index contributed by atoms with van der Waals surface area (Å²) in [6.45, 7) is 5.27. The minimum absolute atomic E-state index is 0.615. The highest BCUT2D eigenvalue weighted by molar-refractivity contribution is 6.18. The summed E-state index contributed by atoms with van der Waals surface area (Å²) in [6.07, 6.45) is 0.942. The van der Waals surface area contributed by atoms with E-state index in [1.807, 2.05) is 0 Å². The van der Waals surface area contributed by atoms with Crippen molar-refractivity contribution in [2.24, 2.45) is 0 Å². The Morgan fingerprint density at radius 1 is 0.690 bits per heavy atom. The first-order chi connectivity index (χ1) is 14.2. The van der Waals surface area contributed by atoms with Gasteiger partial charge in [0, 0.05) is 34.2 Å². The molecule has 29 heavy (non-hydrogen) atoms. The van der Waals surface area contributed by atoms with E-state index < -0.39 is 0 Å². The molecule has 0 aliphatic carbocycles. The summed E-state index contributed by atoms with van der Waals surface area (Å²) in [6, 6.07) is 26.7. The molecule has 0 radical (unpaired) electrons. The fraction of sp³-hybridized carbons (Fsp3) is 0.185. The van der Waals surface area contributed by atoms with Crippen molar-refractivity contribution in [2.75, 3.05) is 5.88 Å². The molecule has 0 spiro atoms. The quantitative estimate of drug-likeness (QED) is 0.278. The lowest BCUT2D eigenvalue weighted by molar-refractivity contribution is 0.833. The number of nitrogens with zero attached hydrogens (tertiary/aromatic N) is 1. The summed E-state index contributed by atoms with van der Waals surface area (Å²) in [4.78, 5) is 0. The van der Waals surface area contributed by atoms with Crippen molar-refractivity contribution in [3.8, 4) is 0 Å². The maximum Gasteiger partial charge on any atom is 0.0491 e. The molecule has 0 unspecified atom stereocenters. The maximum atomic E-state index is 6.10. The van der Waals surface area contributed by atoms with Gasteiger partial charge in [-0.25, -0.2) is 0 Å². The second kappa shape index (κ2) is 7.24. The van der Waals surface area contributed by atoms with Gasteiger partial charge in [0.2, 0.25) is 0 Å². The fourth-order valence-corrected chi connectivity index (χ4v) is 4.94. The molecular weight excluding hydrogens is 374 g/mol. The number of rotatable bonds is 4. The summed E-state index contributed by atoms with van der Waals surface area (Å²) < 4.78 is 2.34. The molecule has 5 aromatic rings. The van der Waals surface area contributed by atoms with Crippen molar-refractivity contribution in [1.82, 2.24) is 4.57 Å². The summed E-state index contributed by atoms with van der Waals surface area (Å²) >= 11 is 6.10. The van der Waals surface area contributed by atoms with Gasteiger partial charge < -0.3 is 4.57 Å². The molecule has 1 nitrogen and oxygen atoms in total. The normalized spacial score (nSPS) is 11.7. The number of aryl methyl sites for hydroxylation is 3. The van der Waals surface area contributed by atoms with Gasteiger partial charge in [-0.3, -0.25) is 0 Å². The minimum atomic E-state index is 0.615. The van der Waals surface area contributed by atoms with Crippen LogP contribution >= 0.6 is 11.6 Å². The SMILES string of the molecule is Cc1cc(C)c2ccccc2c1Cc1ccc2c(c1)c1ccccc1n2CCCl. The third-order valence-electron chi connectivity index (χ3n) is 6.11. The monoisotopic (exact) mass is 397 g/mol. The van der Waals surface area contributed by atoms with Crippen LogP contribution in [0.3, 0.4) is 0 Å². The summed E-state index contributed by atoms with van der Waals surface area (Å²) in [7, 11) is 0. The van der Waals surface area contributed by atoms with Gasteiger partial charge in [0.1, 0.15) is 0 Å². The van der Waals surface area contributed by atoms with Crippen LogP contribution < -0.4 is 0 Å². The van der Waals surface area contributed by atoms with E-state index in [0.717, 1.165) is 13.0 Å². The van der Waals surface area contributed by atoms with Crippen molar-refractivity contribution < 1.29 is 0 Å². The van der Waals surface area contributed by atoms with Crippen LogP contribution in [0.1, 0.15) is 22.3 Å². The average Bonchev–Trinajstić information content (AvgIpc) is 3.05. The molecule has 2 heteroatoms. The van der Waals surface area contributed by atoms with Gasteiger partial charge in [-0.2, -0.15) is 0 Å². The Balaban J connectivity index is 1.68. The summed E-state index contributed by atoms with van der Waals surface area (Å²) in [5.41, 5.74) is 8.02. The number of halogens is 1. The van der Waals surface area contributed by atoms with Crippen molar-refractivity contribution in [3.05, 3.63) is 95.1 Å². The van der Waals surface area contributed by atoms with E-state index in [9.17, 15) is 0 Å². The van der Waals surface area contributed by atoms with Gasteiger partial charge in [-0.05, 0) is 71.5 Å². The van der Waals surface area contributed by atoms with Gasteiger partial charge in [0.25, 0.3) is 0 Å². The average molecular weight is 398 g/mol. The Morgan fingerprint density at radius 3 is 2.17 bits per heavy atom. The largest absolute Gasteiger partial charge is 0.339 e. The third kappa shape index (κ3) is 3.01. The molecule has 0 N–H and O–H groups in total. The first kappa shape index (κ1) is 18.3. The highest BCUT2D eigenvalue weighted by Crippen LogP contribution is 2.32.